The van der Waals surface area contributed by atoms with E-state index in [4.69, 9.17) is 19.9 Å². The van der Waals surface area contributed by atoms with Gasteiger partial charge in [-0.1, -0.05) is 94.9 Å². The molecule has 0 amide bonds. The lowest BCUT2D eigenvalue weighted by molar-refractivity contribution is 0.838. The number of rotatable bonds is 6. The third-order valence-electron chi connectivity index (χ3n) is 12.3. The fraction of sp³-hybridized carbons (Fsp3) is 0.391. The van der Waals surface area contributed by atoms with Crippen molar-refractivity contribution in [3.63, 3.8) is 0 Å². The van der Waals surface area contributed by atoms with E-state index in [-0.39, 0.29) is 22.8 Å². The maximum Gasteiger partial charge on any atom is 0.177 e. The molecule has 0 aliphatic rings. The molecule has 8 nitrogen and oxygen atoms in total. The fourth-order valence-electron chi connectivity index (χ4n) is 9.87. The van der Waals surface area contributed by atoms with Crippen molar-refractivity contribution < 1.29 is 0 Å². The number of nitrogens with zero attached hydrogens (tertiary/aromatic N) is 8. The molecule has 0 unspecified atom stereocenters. The van der Waals surface area contributed by atoms with Crippen LogP contribution in [0.4, 0.5) is 0 Å². The van der Waals surface area contributed by atoms with Crippen LogP contribution in [0.5, 0.6) is 0 Å². The third-order valence-corrected chi connectivity index (χ3v) is 24.9. The average molecular weight is 767 g/mol. The Balaban J connectivity index is 1.90. The van der Waals surface area contributed by atoms with E-state index in [1.165, 1.54) is 0 Å². The normalized spacial score (nSPS) is 12.2. The van der Waals surface area contributed by atoms with E-state index in [0.29, 0.717) is 76.9 Å². The number of fused-ring (bicyclic) bond motifs is 6. The third kappa shape index (κ3) is 5.94. The molecule has 0 fully saturated rings. The van der Waals surface area contributed by atoms with Gasteiger partial charge in [-0.05, 0) is 57.5 Å². The van der Waals surface area contributed by atoms with E-state index in [1.807, 2.05) is 24.3 Å². The molecule has 0 bridgehead atoms. The Labute approximate surface area is 332 Å². The Kier molecular flexibility index (Phi) is 10.4. The molecule has 0 saturated carbocycles. The first-order valence-corrected chi connectivity index (χ1v) is 23.9. The summed E-state index contributed by atoms with van der Waals surface area (Å²) in [6, 6.07) is 16.4. The van der Waals surface area contributed by atoms with E-state index in [2.05, 4.69) is 130 Å². The molecular formula is C46H46N8Si2. The van der Waals surface area contributed by atoms with E-state index in [0.717, 1.165) is 21.9 Å². The van der Waals surface area contributed by atoms with E-state index in [1.54, 1.807) is 0 Å². The summed E-state index contributed by atoms with van der Waals surface area (Å²) < 4.78 is 0. The van der Waals surface area contributed by atoms with Crippen LogP contribution in [0.25, 0.3) is 54.4 Å². The van der Waals surface area contributed by atoms with Crippen LogP contribution >= 0.6 is 0 Å². The van der Waals surface area contributed by atoms with Crippen LogP contribution in [0.2, 0.25) is 33.2 Å². The molecule has 4 aromatic carbocycles. The molecular weight excluding hydrogens is 721 g/mol. The van der Waals surface area contributed by atoms with Crippen LogP contribution in [0.3, 0.4) is 0 Å². The van der Waals surface area contributed by atoms with Gasteiger partial charge in [0.05, 0.1) is 22.1 Å². The molecule has 6 aromatic rings. The van der Waals surface area contributed by atoms with Gasteiger partial charge in [0.1, 0.15) is 40.4 Å². The number of benzene rings is 4. The molecule has 10 heteroatoms. The first-order chi connectivity index (χ1) is 26.5. The number of hydrogen-bond acceptors (Lipinski definition) is 8. The van der Waals surface area contributed by atoms with Crippen molar-refractivity contribution >= 4 is 70.5 Å². The van der Waals surface area contributed by atoms with Crippen LogP contribution in [-0.2, 0) is 0 Å². The lowest BCUT2D eigenvalue weighted by atomic mass is 9.88. The Morgan fingerprint density at radius 3 is 0.786 bits per heavy atom. The quantitative estimate of drug-likeness (QED) is 0.0704. The van der Waals surface area contributed by atoms with Gasteiger partial charge in [0.25, 0.3) is 0 Å². The molecule has 0 aliphatic carbocycles. The predicted molar refractivity (Wildman–Crippen MR) is 231 cm³/mol. The highest BCUT2D eigenvalue weighted by molar-refractivity contribution is 6.91. The molecule has 6 rings (SSSR count). The highest BCUT2D eigenvalue weighted by Gasteiger charge is 2.42. The lowest BCUT2D eigenvalue weighted by Gasteiger charge is -2.38. The average Bonchev–Trinajstić information content (AvgIpc) is 3.15. The van der Waals surface area contributed by atoms with Gasteiger partial charge in [0.15, 0.2) is 22.8 Å². The molecule has 0 aliphatic heterocycles. The van der Waals surface area contributed by atoms with Crippen LogP contribution < -0.4 is 0 Å². The van der Waals surface area contributed by atoms with Crippen molar-refractivity contribution in [2.24, 2.45) is 0 Å². The summed E-state index contributed by atoms with van der Waals surface area (Å²) >= 11 is 0. The Morgan fingerprint density at radius 2 is 0.607 bits per heavy atom. The van der Waals surface area contributed by atoms with Gasteiger partial charge in [-0.2, -0.15) is 21.0 Å². The molecule has 0 atom stereocenters. The topological polar surface area (TPSA) is 147 Å². The smallest absolute Gasteiger partial charge is 0.177 e. The summed E-state index contributed by atoms with van der Waals surface area (Å²) in [5, 5.41) is 45.0. The molecule has 56 heavy (non-hydrogen) atoms. The molecule has 0 radical (unpaired) electrons. The summed E-state index contributed by atoms with van der Waals surface area (Å²) in [7, 11) is -4.30. The molecule has 0 N–H and O–H groups in total. The summed E-state index contributed by atoms with van der Waals surface area (Å²) in [6.45, 7) is 27.3. The Bertz CT molecular complexity index is 2520. The van der Waals surface area contributed by atoms with Crippen molar-refractivity contribution in [2.45, 2.75) is 116 Å². The second-order valence-corrected chi connectivity index (χ2v) is 28.0. The number of hydrogen-bond donors (Lipinski definition) is 0. The van der Waals surface area contributed by atoms with Gasteiger partial charge in [-0.15, -0.1) is 11.1 Å². The van der Waals surface area contributed by atoms with Crippen LogP contribution in [0.1, 0.15) is 117 Å². The fourth-order valence-corrected chi connectivity index (χ4v) is 20.3. The highest BCUT2D eigenvalue weighted by Crippen LogP contribution is 2.46. The zero-order chi connectivity index (χ0) is 41.0. The van der Waals surface area contributed by atoms with Crippen molar-refractivity contribution in [3.05, 3.63) is 58.2 Å². The predicted octanol–water partition coefficient (Wildman–Crippen LogP) is 11.1. The second kappa shape index (κ2) is 14.6. The van der Waals surface area contributed by atoms with Gasteiger partial charge >= 0.3 is 0 Å². The summed E-state index contributed by atoms with van der Waals surface area (Å²) in [6.07, 6.45) is 0. The highest BCUT2D eigenvalue weighted by atomic mass is 28.3. The van der Waals surface area contributed by atoms with E-state index < -0.39 is 16.1 Å². The standard InChI is InChI=1S/C46H46N8Si2/c1-25(2)55(26(3)4,27(5)6)15-13-31-17-33-41-34(18-31)44-46(54-40(24-50)38(22-48)52-44)36-20-32(14-16-56(28(7)8,29(9)10)30(11)12)19-35(42(36)41)45-43(33)51-37(21-47)39(23-49)53-45/h17-20,25-30H,1-12H3. The van der Waals surface area contributed by atoms with Crippen LogP contribution in [0.15, 0.2) is 24.3 Å². The van der Waals surface area contributed by atoms with E-state index >= 15 is 0 Å². The van der Waals surface area contributed by atoms with Gasteiger partial charge in [0, 0.05) is 43.4 Å². The molecule has 0 spiro atoms. The first kappa shape index (κ1) is 39.8. The van der Waals surface area contributed by atoms with Gasteiger partial charge < -0.3 is 0 Å². The molecule has 2 heterocycles. The summed E-state index contributed by atoms with van der Waals surface area (Å²) in [4.78, 5) is 19.3. The Hall–Kier alpha value is -5.89. The monoisotopic (exact) mass is 766 g/mol. The van der Waals surface area contributed by atoms with Gasteiger partial charge in [0.2, 0.25) is 0 Å². The maximum atomic E-state index is 10.1. The minimum absolute atomic E-state index is 0.0648. The first-order valence-electron chi connectivity index (χ1n) is 19.4. The molecule has 278 valence electrons. The minimum Gasteiger partial charge on any atom is -0.232 e. The summed E-state index contributed by atoms with van der Waals surface area (Å²) in [5.74, 6) is 7.19. The van der Waals surface area contributed by atoms with E-state index in [9.17, 15) is 21.0 Å². The van der Waals surface area contributed by atoms with Gasteiger partial charge in [-0.25, -0.2) is 19.9 Å². The zero-order valence-corrected chi connectivity index (χ0v) is 36.4. The summed E-state index contributed by atoms with van der Waals surface area (Å²) in [5.41, 5.74) is 13.2. The van der Waals surface area contributed by atoms with Crippen LogP contribution in [-0.4, -0.2) is 36.1 Å². The van der Waals surface area contributed by atoms with Crippen molar-refractivity contribution in [2.75, 3.05) is 0 Å². The largest absolute Gasteiger partial charge is 0.232 e. The van der Waals surface area contributed by atoms with Crippen molar-refractivity contribution in [1.29, 1.82) is 21.0 Å². The van der Waals surface area contributed by atoms with Crippen molar-refractivity contribution in [3.8, 4) is 47.2 Å². The maximum absolute atomic E-state index is 10.1. The zero-order valence-electron chi connectivity index (χ0n) is 34.4. The number of nitriles is 4. The molecule has 2 aromatic heterocycles. The molecule has 0 saturated heterocycles. The number of aromatic nitrogens is 4. The SMILES string of the molecule is CC(C)[Si](C#Cc1cc2c3nc(C#N)c(C#N)nc3c3cc(C#C[Si](C(C)C)(C(C)C)C(C)C)cc4c5nc(C#N)c(C#N)nc5c(c1)c2c34)(C(C)C)C(C)C. The lowest BCUT2D eigenvalue weighted by Crippen LogP contribution is -2.43. The second-order valence-electron chi connectivity index (χ2n) is 16.9. The van der Waals surface area contributed by atoms with Crippen LogP contribution in [0, 0.1) is 68.3 Å². The van der Waals surface area contributed by atoms with Crippen molar-refractivity contribution in [1.82, 2.24) is 19.9 Å². The minimum atomic E-state index is -2.15. The van der Waals surface area contributed by atoms with Gasteiger partial charge in [-0.3, -0.25) is 0 Å². The Morgan fingerprint density at radius 1 is 0.393 bits per heavy atom.